The highest BCUT2D eigenvalue weighted by molar-refractivity contribution is 5.75. The lowest BCUT2D eigenvalue weighted by Gasteiger charge is -2.01. The molecule has 1 heterocycles. The largest absolute Gasteiger partial charge is 0.481 e. The minimum absolute atomic E-state index is 0.0849. The Labute approximate surface area is 107 Å². The Balaban J connectivity index is 1.92. The van der Waals surface area contributed by atoms with Gasteiger partial charge in [0.1, 0.15) is 23.2 Å². The monoisotopic (exact) mass is 264 g/mol. The average Bonchev–Trinajstić information content (AvgIpc) is 3.02. The molecule has 3 rings (SSSR count). The summed E-state index contributed by atoms with van der Waals surface area (Å²) in [6.07, 6.45) is 0.502. The lowest BCUT2D eigenvalue weighted by Crippen LogP contribution is -1.98. The molecule has 0 saturated heterocycles. The smallest absolute Gasteiger partial charge is 0.307 e. The summed E-state index contributed by atoms with van der Waals surface area (Å²) >= 11 is 0. The molecule has 3 nitrogen and oxygen atoms in total. The molecule has 0 amide bonds. The normalized spacial score (nSPS) is 21.4. The van der Waals surface area contributed by atoms with Gasteiger partial charge in [-0.05, 0) is 30.7 Å². The van der Waals surface area contributed by atoms with Crippen molar-refractivity contribution in [3.8, 4) is 11.3 Å². The van der Waals surface area contributed by atoms with Crippen LogP contribution in [0.4, 0.5) is 8.78 Å². The van der Waals surface area contributed by atoms with Crippen LogP contribution in [0.2, 0.25) is 0 Å². The highest BCUT2D eigenvalue weighted by Crippen LogP contribution is 2.48. The van der Waals surface area contributed by atoms with Crippen molar-refractivity contribution in [1.82, 2.24) is 0 Å². The number of rotatable bonds is 3. The van der Waals surface area contributed by atoms with E-state index in [1.54, 1.807) is 6.07 Å². The van der Waals surface area contributed by atoms with Crippen LogP contribution in [-0.4, -0.2) is 11.1 Å². The molecule has 0 spiro atoms. The summed E-state index contributed by atoms with van der Waals surface area (Å²) in [5.74, 6) is -2.38. The summed E-state index contributed by atoms with van der Waals surface area (Å²) in [7, 11) is 0. The first-order valence-corrected chi connectivity index (χ1v) is 5.85. The molecule has 1 fully saturated rings. The van der Waals surface area contributed by atoms with Gasteiger partial charge in [0.2, 0.25) is 0 Å². The fraction of sp³-hybridized carbons (Fsp3) is 0.214. The van der Waals surface area contributed by atoms with Gasteiger partial charge in [-0.15, -0.1) is 0 Å². The Morgan fingerprint density at radius 1 is 1.21 bits per heavy atom. The van der Waals surface area contributed by atoms with E-state index in [4.69, 9.17) is 9.52 Å². The fourth-order valence-corrected chi connectivity index (χ4v) is 2.20. The molecule has 1 aromatic carbocycles. The Morgan fingerprint density at radius 3 is 2.47 bits per heavy atom. The molecule has 2 atom stereocenters. The number of hydrogen-bond donors (Lipinski definition) is 1. The quantitative estimate of drug-likeness (QED) is 0.924. The Bertz CT molecular complexity index is 628. The van der Waals surface area contributed by atoms with E-state index in [1.165, 1.54) is 12.1 Å². The third-order valence-electron chi connectivity index (χ3n) is 3.31. The Hall–Kier alpha value is -2.17. The minimum Gasteiger partial charge on any atom is -0.481 e. The average molecular weight is 264 g/mol. The number of carboxylic acid groups (broad SMARTS) is 1. The van der Waals surface area contributed by atoms with Crippen LogP contribution >= 0.6 is 0 Å². The first kappa shape index (κ1) is 11.9. The summed E-state index contributed by atoms with van der Waals surface area (Å²) < 4.78 is 32.5. The maximum atomic E-state index is 13.6. The highest BCUT2D eigenvalue weighted by Gasteiger charge is 2.46. The molecule has 1 aliphatic rings. The zero-order valence-corrected chi connectivity index (χ0v) is 9.77. The van der Waals surface area contributed by atoms with E-state index in [9.17, 15) is 13.6 Å². The van der Waals surface area contributed by atoms with E-state index in [0.717, 1.165) is 12.1 Å². The lowest BCUT2D eigenvalue weighted by atomic mass is 10.1. The van der Waals surface area contributed by atoms with E-state index in [1.807, 2.05) is 0 Å². The zero-order valence-electron chi connectivity index (χ0n) is 9.77. The summed E-state index contributed by atoms with van der Waals surface area (Å²) in [5.41, 5.74) is -0.221. The van der Waals surface area contributed by atoms with Crippen molar-refractivity contribution in [3.05, 3.63) is 47.7 Å². The Morgan fingerprint density at radius 2 is 1.89 bits per heavy atom. The number of halogens is 2. The van der Waals surface area contributed by atoms with Gasteiger partial charge in [0.15, 0.2) is 0 Å². The van der Waals surface area contributed by atoms with Crippen molar-refractivity contribution < 1.29 is 23.1 Å². The van der Waals surface area contributed by atoms with E-state index in [-0.39, 0.29) is 17.2 Å². The van der Waals surface area contributed by atoms with Crippen molar-refractivity contribution in [2.24, 2.45) is 5.92 Å². The van der Waals surface area contributed by atoms with E-state index in [2.05, 4.69) is 0 Å². The second-order valence-electron chi connectivity index (χ2n) is 4.59. The van der Waals surface area contributed by atoms with Crippen LogP contribution in [0.1, 0.15) is 18.1 Å². The first-order valence-electron chi connectivity index (χ1n) is 5.85. The summed E-state index contributed by atoms with van der Waals surface area (Å²) in [6.45, 7) is 0. The third-order valence-corrected chi connectivity index (χ3v) is 3.31. The maximum absolute atomic E-state index is 13.6. The zero-order chi connectivity index (χ0) is 13.6. The maximum Gasteiger partial charge on any atom is 0.307 e. The molecule has 1 aromatic heterocycles. The highest BCUT2D eigenvalue weighted by atomic mass is 19.1. The predicted molar refractivity (Wildman–Crippen MR) is 62.5 cm³/mol. The molecule has 5 heteroatoms. The minimum atomic E-state index is -0.875. The van der Waals surface area contributed by atoms with Gasteiger partial charge < -0.3 is 9.52 Å². The molecule has 98 valence electrons. The number of furan rings is 1. The molecule has 0 unspecified atom stereocenters. The number of aliphatic carboxylic acids is 1. The lowest BCUT2D eigenvalue weighted by molar-refractivity contribution is -0.138. The third kappa shape index (κ3) is 2.01. The topological polar surface area (TPSA) is 50.4 Å². The summed E-state index contributed by atoms with van der Waals surface area (Å²) in [5, 5.41) is 8.84. The van der Waals surface area contributed by atoms with Crippen molar-refractivity contribution in [2.75, 3.05) is 0 Å². The molecular formula is C14H10F2O3. The number of carboxylic acids is 1. The number of carbonyl (C=O) groups is 1. The van der Waals surface area contributed by atoms with E-state index in [0.29, 0.717) is 12.2 Å². The van der Waals surface area contributed by atoms with Gasteiger partial charge >= 0.3 is 5.97 Å². The van der Waals surface area contributed by atoms with Crippen molar-refractivity contribution >= 4 is 5.97 Å². The molecule has 1 N–H and O–H groups in total. The Kier molecular flexibility index (Phi) is 2.62. The second kappa shape index (κ2) is 4.19. The van der Waals surface area contributed by atoms with Crippen molar-refractivity contribution in [1.29, 1.82) is 0 Å². The molecule has 0 bridgehead atoms. The SMILES string of the molecule is O=C(O)[C@H]1C[C@H]1c1ccc(-c2c(F)cccc2F)o1. The van der Waals surface area contributed by atoms with Gasteiger partial charge in [-0.2, -0.15) is 0 Å². The van der Waals surface area contributed by atoms with Crippen LogP contribution in [-0.2, 0) is 4.79 Å². The standard InChI is InChI=1S/C14H10F2O3/c15-9-2-1-3-10(16)13(9)12-5-4-11(19-12)7-6-8(7)14(17)18/h1-5,7-8H,6H2,(H,17,18)/t7-,8+/m1/s1. The van der Waals surface area contributed by atoms with Crippen molar-refractivity contribution in [3.63, 3.8) is 0 Å². The van der Waals surface area contributed by atoms with Crippen LogP contribution in [0, 0.1) is 17.6 Å². The summed E-state index contributed by atoms with van der Waals surface area (Å²) in [6, 6.07) is 6.62. The van der Waals surface area contributed by atoms with Gasteiger partial charge in [0.05, 0.1) is 11.5 Å². The van der Waals surface area contributed by atoms with Gasteiger partial charge in [0.25, 0.3) is 0 Å². The molecule has 1 saturated carbocycles. The van der Waals surface area contributed by atoms with Crippen LogP contribution in [0.3, 0.4) is 0 Å². The second-order valence-corrected chi connectivity index (χ2v) is 4.59. The fourth-order valence-electron chi connectivity index (χ4n) is 2.20. The molecule has 19 heavy (non-hydrogen) atoms. The van der Waals surface area contributed by atoms with Crippen LogP contribution in [0.15, 0.2) is 34.7 Å². The molecule has 1 aliphatic carbocycles. The molecule has 0 radical (unpaired) electrons. The van der Waals surface area contributed by atoms with Gasteiger partial charge in [-0.25, -0.2) is 8.78 Å². The number of hydrogen-bond acceptors (Lipinski definition) is 2. The molecule has 0 aliphatic heterocycles. The van der Waals surface area contributed by atoms with Gasteiger partial charge in [-0.1, -0.05) is 6.07 Å². The van der Waals surface area contributed by atoms with Gasteiger partial charge in [-0.3, -0.25) is 4.79 Å². The van der Waals surface area contributed by atoms with Crippen LogP contribution in [0.5, 0.6) is 0 Å². The van der Waals surface area contributed by atoms with Crippen molar-refractivity contribution in [2.45, 2.75) is 12.3 Å². The van der Waals surface area contributed by atoms with Crippen LogP contribution < -0.4 is 0 Å². The van der Waals surface area contributed by atoms with E-state index < -0.39 is 23.5 Å². The predicted octanol–water partition coefficient (Wildman–Crippen LogP) is 3.41. The summed E-state index contributed by atoms with van der Waals surface area (Å²) in [4.78, 5) is 10.8. The first-order chi connectivity index (χ1) is 9.08. The van der Waals surface area contributed by atoms with E-state index >= 15 is 0 Å². The molecular weight excluding hydrogens is 254 g/mol. The van der Waals surface area contributed by atoms with Gasteiger partial charge in [0, 0.05) is 5.92 Å². The van der Waals surface area contributed by atoms with Crippen LogP contribution in [0.25, 0.3) is 11.3 Å². The molecule has 2 aromatic rings. The number of benzene rings is 1.